The van der Waals surface area contributed by atoms with Crippen LogP contribution >= 0.6 is 27.7 Å². The number of hydrogen-bond donors (Lipinski definition) is 2. The number of nitrogens with zero attached hydrogens (tertiary/aromatic N) is 1. The quantitative estimate of drug-likeness (QED) is 0.781. The van der Waals surface area contributed by atoms with Crippen LogP contribution in [0.2, 0.25) is 0 Å². The number of carbonyl (C=O) groups is 1. The first kappa shape index (κ1) is 13.8. The Bertz CT molecular complexity index is 453. The van der Waals surface area contributed by atoms with E-state index < -0.39 is 5.54 Å². The topological polar surface area (TPSA) is 68.0 Å². The van der Waals surface area contributed by atoms with Gasteiger partial charge in [-0.1, -0.05) is 0 Å². The van der Waals surface area contributed by atoms with E-state index in [2.05, 4.69) is 26.2 Å². The van der Waals surface area contributed by atoms with E-state index in [0.717, 1.165) is 22.3 Å². The van der Waals surface area contributed by atoms with Gasteiger partial charge in [-0.25, -0.2) is 4.98 Å². The minimum absolute atomic E-state index is 0.271. The van der Waals surface area contributed by atoms with Crippen LogP contribution in [0.4, 0.5) is 0 Å². The normalized spacial score (nSPS) is 18.3. The van der Waals surface area contributed by atoms with Crippen LogP contribution in [0, 0.1) is 5.92 Å². The number of thioether (sulfide) groups is 1. The number of hydrogen-bond acceptors (Lipinski definition) is 4. The summed E-state index contributed by atoms with van der Waals surface area (Å²) < 4.78 is 0.945. The molecule has 1 amide bonds. The van der Waals surface area contributed by atoms with E-state index in [1.165, 1.54) is 0 Å². The first-order valence-electron chi connectivity index (χ1n) is 5.82. The molecule has 1 saturated carbocycles. The summed E-state index contributed by atoms with van der Waals surface area (Å²) in [6, 6.07) is 3.81. The van der Waals surface area contributed by atoms with Gasteiger partial charge in [-0.2, -0.15) is 0 Å². The van der Waals surface area contributed by atoms with E-state index in [1.54, 1.807) is 25.0 Å². The van der Waals surface area contributed by atoms with Crippen LogP contribution in [0.5, 0.6) is 0 Å². The van der Waals surface area contributed by atoms with E-state index in [4.69, 9.17) is 5.73 Å². The Morgan fingerprint density at radius 3 is 2.94 bits per heavy atom. The van der Waals surface area contributed by atoms with E-state index in [1.807, 2.05) is 12.1 Å². The van der Waals surface area contributed by atoms with Crippen molar-refractivity contribution >= 4 is 33.6 Å². The molecule has 3 N–H and O–H groups in total. The molecule has 1 fully saturated rings. The Morgan fingerprint density at radius 1 is 1.72 bits per heavy atom. The highest BCUT2D eigenvalue weighted by molar-refractivity contribution is 9.10. The summed E-state index contributed by atoms with van der Waals surface area (Å²) in [6.07, 6.45) is 3.87. The average Bonchev–Trinajstić information content (AvgIpc) is 3.17. The molecule has 0 saturated heterocycles. The number of aromatic nitrogens is 1. The number of pyridine rings is 1. The molecule has 1 atom stereocenters. The van der Waals surface area contributed by atoms with Crippen molar-refractivity contribution in [3.8, 4) is 0 Å². The lowest BCUT2D eigenvalue weighted by molar-refractivity contribution is -0.124. The molecule has 1 aliphatic rings. The fourth-order valence-electron chi connectivity index (χ4n) is 2.03. The summed E-state index contributed by atoms with van der Waals surface area (Å²) in [5.41, 5.74) is 4.97. The maximum Gasteiger partial charge on any atom is 0.238 e. The molecule has 0 aromatic carbocycles. The first-order valence-corrected chi connectivity index (χ1v) is 7.60. The number of nitrogens with one attached hydrogen (secondary N) is 1. The van der Waals surface area contributed by atoms with Gasteiger partial charge >= 0.3 is 0 Å². The maximum absolute atomic E-state index is 11.8. The van der Waals surface area contributed by atoms with Gasteiger partial charge in [0.05, 0.1) is 0 Å². The highest BCUT2D eigenvalue weighted by Crippen LogP contribution is 2.42. The highest BCUT2D eigenvalue weighted by Gasteiger charge is 2.48. The number of nitrogens with two attached hydrogens (primary N) is 1. The Labute approximate surface area is 119 Å². The van der Waals surface area contributed by atoms with E-state index in [9.17, 15) is 4.79 Å². The molecule has 98 valence electrons. The molecule has 18 heavy (non-hydrogen) atoms. The standard InChI is InChI=1S/C12H16BrN3OS/c1-15-12(11(14)17,8-4-5-8)7-18-10-9(13)3-2-6-16-10/h2-3,6,8,15H,4-5,7H2,1H3,(H2,14,17). The second-order valence-corrected chi connectivity index (χ2v) is 6.26. The summed E-state index contributed by atoms with van der Waals surface area (Å²) >= 11 is 5.01. The van der Waals surface area contributed by atoms with Crippen molar-refractivity contribution in [1.82, 2.24) is 10.3 Å². The predicted octanol–water partition coefficient (Wildman–Crippen LogP) is 1.79. The van der Waals surface area contributed by atoms with Crippen molar-refractivity contribution < 1.29 is 4.79 Å². The van der Waals surface area contributed by atoms with Crippen molar-refractivity contribution in [3.05, 3.63) is 22.8 Å². The van der Waals surface area contributed by atoms with Crippen molar-refractivity contribution in [3.63, 3.8) is 0 Å². The van der Waals surface area contributed by atoms with Crippen LogP contribution in [-0.2, 0) is 4.79 Å². The Hall–Kier alpha value is -0.590. The van der Waals surface area contributed by atoms with E-state index in [-0.39, 0.29) is 5.91 Å². The second kappa shape index (κ2) is 5.59. The number of carbonyl (C=O) groups excluding carboxylic acids is 1. The highest BCUT2D eigenvalue weighted by atomic mass is 79.9. The average molecular weight is 330 g/mol. The van der Waals surface area contributed by atoms with Crippen molar-refractivity contribution in [2.45, 2.75) is 23.4 Å². The van der Waals surface area contributed by atoms with Crippen LogP contribution in [-0.4, -0.2) is 29.2 Å². The fraction of sp³-hybridized carbons (Fsp3) is 0.500. The molecular weight excluding hydrogens is 314 g/mol. The molecule has 0 bridgehead atoms. The minimum Gasteiger partial charge on any atom is -0.368 e. The predicted molar refractivity (Wildman–Crippen MR) is 76.4 cm³/mol. The number of likely N-dealkylation sites (N-methyl/N-ethyl adjacent to an activating group) is 1. The van der Waals surface area contributed by atoms with Crippen LogP contribution in [0.1, 0.15) is 12.8 Å². The zero-order valence-electron chi connectivity index (χ0n) is 10.1. The number of amides is 1. The number of primary amides is 1. The van der Waals surface area contributed by atoms with Gasteiger partial charge in [0.15, 0.2) is 0 Å². The van der Waals surface area contributed by atoms with Crippen LogP contribution in [0.25, 0.3) is 0 Å². The zero-order valence-corrected chi connectivity index (χ0v) is 12.6. The molecule has 1 aromatic heterocycles. The molecule has 6 heteroatoms. The Morgan fingerprint density at radius 2 is 2.44 bits per heavy atom. The third-order valence-corrected chi connectivity index (χ3v) is 5.42. The smallest absolute Gasteiger partial charge is 0.238 e. The molecular formula is C12H16BrN3OS. The van der Waals surface area contributed by atoms with Gasteiger partial charge in [-0.05, 0) is 53.9 Å². The van der Waals surface area contributed by atoms with Gasteiger partial charge in [0.25, 0.3) is 0 Å². The lowest BCUT2D eigenvalue weighted by Gasteiger charge is -2.29. The largest absolute Gasteiger partial charge is 0.368 e. The molecule has 0 aliphatic heterocycles. The number of halogens is 1. The maximum atomic E-state index is 11.8. The van der Waals surface area contributed by atoms with Gasteiger partial charge in [0.2, 0.25) is 5.91 Å². The first-order chi connectivity index (χ1) is 8.60. The molecule has 4 nitrogen and oxygen atoms in total. The lowest BCUT2D eigenvalue weighted by atomic mass is 9.95. The third kappa shape index (κ3) is 2.70. The summed E-state index contributed by atoms with van der Waals surface area (Å²) in [4.78, 5) is 16.0. The molecule has 1 aromatic rings. The van der Waals surface area contributed by atoms with Crippen molar-refractivity contribution in [1.29, 1.82) is 0 Å². The second-order valence-electron chi connectivity index (χ2n) is 4.44. The summed E-state index contributed by atoms with van der Waals surface area (Å²) in [6.45, 7) is 0. The lowest BCUT2D eigenvalue weighted by Crippen LogP contribution is -2.57. The summed E-state index contributed by atoms with van der Waals surface area (Å²) in [5.74, 6) is 0.695. The van der Waals surface area contributed by atoms with Gasteiger partial charge in [0.1, 0.15) is 10.6 Å². The Kier molecular flexibility index (Phi) is 4.29. The van der Waals surface area contributed by atoms with Crippen LogP contribution in [0.3, 0.4) is 0 Å². The molecule has 0 radical (unpaired) electrons. The van der Waals surface area contributed by atoms with E-state index in [0.29, 0.717) is 11.7 Å². The third-order valence-electron chi connectivity index (χ3n) is 3.32. The Balaban J connectivity index is 2.11. The molecule has 1 unspecified atom stereocenters. The van der Waals surface area contributed by atoms with Gasteiger partial charge in [0, 0.05) is 16.4 Å². The fourth-order valence-corrected chi connectivity index (χ4v) is 3.85. The van der Waals surface area contributed by atoms with Crippen molar-refractivity contribution in [2.75, 3.05) is 12.8 Å². The van der Waals surface area contributed by atoms with Gasteiger partial charge in [-0.3, -0.25) is 4.79 Å². The van der Waals surface area contributed by atoms with Gasteiger partial charge < -0.3 is 11.1 Å². The molecule has 2 rings (SSSR count). The number of rotatable bonds is 6. The molecule has 1 heterocycles. The molecule has 0 spiro atoms. The van der Waals surface area contributed by atoms with Crippen LogP contribution in [0.15, 0.2) is 27.8 Å². The SMILES string of the molecule is CNC(CSc1ncccc1Br)(C(N)=O)C1CC1. The monoisotopic (exact) mass is 329 g/mol. The van der Waals surface area contributed by atoms with Crippen molar-refractivity contribution in [2.24, 2.45) is 11.7 Å². The minimum atomic E-state index is -0.609. The summed E-state index contributed by atoms with van der Waals surface area (Å²) in [5, 5.41) is 4.02. The van der Waals surface area contributed by atoms with Gasteiger partial charge in [-0.15, -0.1) is 11.8 Å². The summed E-state index contributed by atoms with van der Waals surface area (Å²) in [7, 11) is 1.80. The van der Waals surface area contributed by atoms with Crippen LogP contribution < -0.4 is 11.1 Å². The molecule has 1 aliphatic carbocycles. The van der Waals surface area contributed by atoms with E-state index >= 15 is 0 Å². The zero-order chi connectivity index (χ0) is 13.2.